The van der Waals surface area contributed by atoms with E-state index >= 15 is 0 Å². The van der Waals surface area contributed by atoms with Gasteiger partial charge in [0.05, 0.1) is 24.2 Å². The lowest BCUT2D eigenvalue weighted by Gasteiger charge is -2.34. The van der Waals surface area contributed by atoms with E-state index < -0.39 is 5.60 Å². The zero-order valence-corrected chi connectivity index (χ0v) is 14.3. The summed E-state index contributed by atoms with van der Waals surface area (Å²) < 4.78 is 7.95. The Morgan fingerprint density at radius 1 is 1.32 bits per heavy atom. The van der Waals surface area contributed by atoms with Crippen LogP contribution in [0.2, 0.25) is 0 Å². The predicted octanol–water partition coefficient (Wildman–Crippen LogP) is 2.22. The highest BCUT2D eigenvalue weighted by molar-refractivity contribution is 6.00. The fourth-order valence-corrected chi connectivity index (χ4v) is 3.68. The normalized spacial score (nSPS) is 22.1. The van der Waals surface area contributed by atoms with Gasteiger partial charge in [0.2, 0.25) is 5.91 Å². The number of Topliss-reactive ketones (excluding diaryl/α,β-unsaturated/α-hetero) is 1. The van der Waals surface area contributed by atoms with Crippen molar-refractivity contribution in [2.45, 2.75) is 38.3 Å². The van der Waals surface area contributed by atoms with E-state index in [2.05, 4.69) is 5.10 Å². The van der Waals surface area contributed by atoms with Gasteiger partial charge in [-0.2, -0.15) is 5.10 Å². The van der Waals surface area contributed by atoms with Crippen LogP contribution in [0.15, 0.2) is 36.5 Å². The van der Waals surface area contributed by atoms with Crippen molar-refractivity contribution in [3.05, 3.63) is 47.8 Å². The number of hydrogen-bond donors (Lipinski definition) is 0. The topological polar surface area (TPSA) is 64.4 Å². The second-order valence-corrected chi connectivity index (χ2v) is 6.92. The zero-order valence-electron chi connectivity index (χ0n) is 14.3. The average Bonchev–Trinajstić information content (AvgIpc) is 3.19. The largest absolute Gasteiger partial charge is 0.484 e. The summed E-state index contributed by atoms with van der Waals surface area (Å²) in [5.41, 5.74) is 1.02. The van der Waals surface area contributed by atoms with Crippen molar-refractivity contribution in [3.63, 3.8) is 0 Å². The van der Waals surface area contributed by atoms with Gasteiger partial charge in [-0.15, -0.1) is 0 Å². The Labute approximate surface area is 146 Å². The summed E-state index contributed by atoms with van der Waals surface area (Å²) in [6.45, 7) is 3.60. The Hall–Kier alpha value is -2.63. The van der Waals surface area contributed by atoms with Crippen LogP contribution in [0.1, 0.15) is 35.3 Å². The average molecular weight is 339 g/mol. The van der Waals surface area contributed by atoms with E-state index in [1.54, 1.807) is 10.7 Å². The molecule has 0 radical (unpaired) electrons. The molecule has 0 unspecified atom stereocenters. The molecule has 0 saturated carbocycles. The minimum absolute atomic E-state index is 0.0833. The molecule has 25 heavy (non-hydrogen) atoms. The van der Waals surface area contributed by atoms with Gasteiger partial charge in [-0.3, -0.25) is 14.3 Å². The monoisotopic (exact) mass is 339 g/mol. The van der Waals surface area contributed by atoms with Gasteiger partial charge >= 0.3 is 0 Å². The minimum Gasteiger partial charge on any atom is -0.484 e. The molecular formula is C19H21N3O3. The molecule has 1 atom stereocenters. The molecule has 0 bridgehead atoms. The molecule has 2 aliphatic rings. The van der Waals surface area contributed by atoms with E-state index in [-0.39, 0.29) is 11.7 Å². The molecule has 3 heterocycles. The van der Waals surface area contributed by atoms with Gasteiger partial charge < -0.3 is 9.64 Å². The molecule has 0 N–H and O–H groups in total. The van der Waals surface area contributed by atoms with E-state index in [0.29, 0.717) is 50.2 Å². The number of hydrogen-bond acceptors (Lipinski definition) is 4. The highest BCUT2D eigenvalue weighted by Gasteiger charge is 2.46. The van der Waals surface area contributed by atoms with Crippen molar-refractivity contribution >= 4 is 11.7 Å². The van der Waals surface area contributed by atoms with Gasteiger partial charge in [-0.25, -0.2) is 0 Å². The number of benzene rings is 1. The molecule has 6 heteroatoms. The van der Waals surface area contributed by atoms with Crippen LogP contribution in [0.25, 0.3) is 0 Å². The highest BCUT2D eigenvalue weighted by Crippen LogP contribution is 2.38. The van der Waals surface area contributed by atoms with E-state index in [4.69, 9.17) is 4.74 Å². The molecule has 0 aliphatic carbocycles. The van der Waals surface area contributed by atoms with Gasteiger partial charge in [0.25, 0.3) is 0 Å². The molecule has 1 spiro atoms. The lowest BCUT2D eigenvalue weighted by atomic mass is 9.89. The van der Waals surface area contributed by atoms with Crippen LogP contribution in [0.3, 0.4) is 0 Å². The number of rotatable bonds is 3. The Kier molecular flexibility index (Phi) is 3.82. The fourth-order valence-electron chi connectivity index (χ4n) is 3.68. The molecule has 130 valence electrons. The smallest absolute Gasteiger partial charge is 0.224 e. The molecule has 2 aromatic rings. The SMILES string of the molecule is Cc1ccn(CCC(=O)N2CC[C@@]3(CC(=O)c4ccccc4O3)C2)n1. The predicted molar refractivity (Wildman–Crippen MR) is 91.5 cm³/mol. The van der Waals surface area contributed by atoms with Crippen LogP contribution in [0, 0.1) is 6.92 Å². The summed E-state index contributed by atoms with van der Waals surface area (Å²) in [7, 11) is 0. The van der Waals surface area contributed by atoms with Gasteiger partial charge in [0.15, 0.2) is 5.78 Å². The van der Waals surface area contributed by atoms with Crippen LogP contribution >= 0.6 is 0 Å². The maximum absolute atomic E-state index is 12.5. The van der Waals surface area contributed by atoms with Gasteiger partial charge in [-0.1, -0.05) is 12.1 Å². The second kappa shape index (κ2) is 6.02. The molecule has 6 nitrogen and oxygen atoms in total. The molecular weight excluding hydrogens is 318 g/mol. The first-order valence-corrected chi connectivity index (χ1v) is 8.64. The Bertz CT molecular complexity index is 829. The third-order valence-electron chi connectivity index (χ3n) is 4.99. The number of carbonyl (C=O) groups excluding carboxylic acids is 2. The van der Waals surface area contributed by atoms with Crippen LogP contribution in [0.5, 0.6) is 5.75 Å². The molecule has 1 aromatic carbocycles. The third kappa shape index (κ3) is 3.04. The van der Waals surface area contributed by atoms with Crippen molar-refractivity contribution in [2.24, 2.45) is 0 Å². The summed E-state index contributed by atoms with van der Waals surface area (Å²) in [5, 5.41) is 4.30. The summed E-state index contributed by atoms with van der Waals surface area (Å²) in [4.78, 5) is 26.8. The minimum atomic E-state index is -0.566. The summed E-state index contributed by atoms with van der Waals surface area (Å²) in [5.74, 6) is 0.822. The molecule has 1 amide bonds. The number of nitrogens with zero attached hydrogens (tertiary/aromatic N) is 3. The number of aromatic nitrogens is 2. The maximum atomic E-state index is 12.5. The van der Waals surface area contributed by atoms with Crippen molar-refractivity contribution < 1.29 is 14.3 Å². The lowest BCUT2D eigenvalue weighted by molar-refractivity contribution is -0.131. The quantitative estimate of drug-likeness (QED) is 0.860. The fraction of sp³-hybridized carbons (Fsp3) is 0.421. The number of aryl methyl sites for hydroxylation is 2. The number of ether oxygens (including phenoxy) is 1. The number of fused-ring (bicyclic) bond motifs is 1. The van der Waals surface area contributed by atoms with Gasteiger partial charge in [0.1, 0.15) is 11.4 Å². The molecule has 1 saturated heterocycles. The molecule has 2 aliphatic heterocycles. The number of para-hydroxylation sites is 1. The molecule has 4 rings (SSSR count). The Balaban J connectivity index is 1.41. The summed E-state index contributed by atoms with van der Waals surface area (Å²) in [6, 6.07) is 9.27. The second-order valence-electron chi connectivity index (χ2n) is 6.92. The third-order valence-corrected chi connectivity index (χ3v) is 4.99. The number of carbonyl (C=O) groups is 2. The Morgan fingerprint density at radius 2 is 2.16 bits per heavy atom. The van der Waals surface area contributed by atoms with Crippen LogP contribution in [0.4, 0.5) is 0 Å². The van der Waals surface area contributed by atoms with E-state index in [9.17, 15) is 9.59 Å². The van der Waals surface area contributed by atoms with E-state index in [1.165, 1.54) is 0 Å². The first kappa shape index (κ1) is 15.9. The summed E-state index contributed by atoms with van der Waals surface area (Å²) in [6.07, 6.45) is 3.32. The number of amides is 1. The van der Waals surface area contributed by atoms with Crippen LogP contribution in [-0.4, -0.2) is 45.1 Å². The first-order chi connectivity index (χ1) is 12.0. The first-order valence-electron chi connectivity index (χ1n) is 8.64. The number of likely N-dealkylation sites (tertiary alicyclic amines) is 1. The van der Waals surface area contributed by atoms with Crippen molar-refractivity contribution in [1.29, 1.82) is 0 Å². The van der Waals surface area contributed by atoms with Gasteiger partial charge in [0, 0.05) is 32.1 Å². The van der Waals surface area contributed by atoms with Crippen LogP contribution in [-0.2, 0) is 11.3 Å². The zero-order chi connectivity index (χ0) is 17.4. The highest BCUT2D eigenvalue weighted by atomic mass is 16.5. The van der Waals surface area contributed by atoms with Gasteiger partial charge in [-0.05, 0) is 25.1 Å². The van der Waals surface area contributed by atoms with Crippen molar-refractivity contribution in [3.8, 4) is 5.75 Å². The maximum Gasteiger partial charge on any atom is 0.224 e. The Morgan fingerprint density at radius 3 is 2.96 bits per heavy atom. The standard InChI is InChI=1S/C19H21N3O3/c1-14-6-9-22(20-14)10-7-18(24)21-11-8-19(13-21)12-16(23)15-4-2-3-5-17(15)25-19/h2-6,9H,7-8,10-13H2,1H3/t19-/m1/s1. The van der Waals surface area contributed by atoms with Crippen LogP contribution < -0.4 is 4.74 Å². The van der Waals surface area contributed by atoms with E-state index in [0.717, 1.165) is 5.69 Å². The van der Waals surface area contributed by atoms with E-state index in [1.807, 2.05) is 42.3 Å². The summed E-state index contributed by atoms with van der Waals surface area (Å²) >= 11 is 0. The molecule has 1 aromatic heterocycles. The molecule has 1 fully saturated rings. The lowest BCUT2D eigenvalue weighted by Crippen LogP contribution is -2.45. The number of ketones is 1. The van der Waals surface area contributed by atoms with Crippen molar-refractivity contribution in [2.75, 3.05) is 13.1 Å². The van der Waals surface area contributed by atoms with Crippen molar-refractivity contribution in [1.82, 2.24) is 14.7 Å².